The molecule has 52 heavy (non-hydrogen) atoms. The zero-order valence-corrected chi connectivity index (χ0v) is 30.5. The Kier molecular flexibility index (Phi) is 10.4. The first-order valence-corrected chi connectivity index (χ1v) is 18.1. The van der Waals surface area contributed by atoms with Crippen molar-refractivity contribution in [2.24, 2.45) is 0 Å². The zero-order valence-electron chi connectivity index (χ0n) is 30.5. The van der Waals surface area contributed by atoms with Gasteiger partial charge in [-0.2, -0.15) is 0 Å². The molecule has 0 aliphatic rings. The van der Waals surface area contributed by atoms with E-state index in [4.69, 9.17) is 0 Å². The van der Waals surface area contributed by atoms with Crippen LogP contribution in [-0.4, -0.2) is 0 Å². The Balaban J connectivity index is 1.05. The minimum absolute atomic E-state index is 0.194. The summed E-state index contributed by atoms with van der Waals surface area (Å²) in [5.74, 6) is 0.194. The van der Waals surface area contributed by atoms with Crippen molar-refractivity contribution in [1.82, 2.24) is 0 Å². The Bertz CT molecular complexity index is 2020. The van der Waals surface area contributed by atoms with Gasteiger partial charge in [0.05, 0.1) is 0 Å². The number of aryl methyl sites for hydroxylation is 4. The maximum absolute atomic E-state index is 2.31. The highest BCUT2D eigenvalue weighted by molar-refractivity contribution is 5.79. The van der Waals surface area contributed by atoms with Gasteiger partial charge in [0.1, 0.15) is 0 Å². The monoisotopic (exact) mass is 671 g/mol. The van der Waals surface area contributed by atoms with Crippen LogP contribution < -0.4 is 4.90 Å². The van der Waals surface area contributed by atoms with Crippen molar-refractivity contribution in [3.63, 3.8) is 0 Å². The van der Waals surface area contributed by atoms with Gasteiger partial charge in [0.15, 0.2) is 0 Å². The van der Waals surface area contributed by atoms with Gasteiger partial charge >= 0.3 is 0 Å². The molecule has 0 N–H and O–H groups in total. The standard InChI is InChI=1S/C51H45N/c1-37-8-24-45(25-9-37)51(46-26-10-38(2)11-27-46)47-28-20-41(21-29-47)16-18-43-6-5-7-44(36-43)19-17-42-22-34-50(35-23-42)52(48-30-12-39(3)13-31-48)49-32-14-40(4)15-33-49/h5-36,51H,1-4H3. The number of anilines is 3. The predicted molar refractivity (Wildman–Crippen MR) is 225 cm³/mol. The average molecular weight is 672 g/mol. The van der Waals surface area contributed by atoms with Crippen molar-refractivity contribution >= 4 is 41.4 Å². The second-order valence-corrected chi connectivity index (χ2v) is 13.9. The Hall–Kier alpha value is -6.18. The number of hydrogen-bond donors (Lipinski definition) is 0. The molecule has 0 amide bonds. The van der Waals surface area contributed by atoms with Gasteiger partial charge in [-0.3, -0.25) is 0 Å². The van der Waals surface area contributed by atoms with Crippen molar-refractivity contribution in [2.45, 2.75) is 33.6 Å². The van der Waals surface area contributed by atoms with Crippen LogP contribution in [0.3, 0.4) is 0 Å². The molecule has 0 aliphatic carbocycles. The van der Waals surface area contributed by atoms with Crippen molar-refractivity contribution in [3.8, 4) is 0 Å². The Morgan fingerprint density at radius 1 is 0.327 bits per heavy atom. The molecule has 7 aromatic rings. The third-order valence-corrected chi connectivity index (χ3v) is 9.67. The summed E-state index contributed by atoms with van der Waals surface area (Å²) in [7, 11) is 0. The molecule has 254 valence electrons. The molecular formula is C51H45N. The Morgan fingerprint density at radius 3 is 1.00 bits per heavy atom. The minimum atomic E-state index is 0.194. The van der Waals surface area contributed by atoms with E-state index in [9.17, 15) is 0 Å². The van der Waals surface area contributed by atoms with Gasteiger partial charge in [-0.05, 0) is 109 Å². The highest BCUT2D eigenvalue weighted by Gasteiger charge is 2.17. The van der Waals surface area contributed by atoms with Crippen molar-refractivity contribution in [2.75, 3.05) is 4.90 Å². The van der Waals surface area contributed by atoms with E-state index in [0.29, 0.717) is 0 Å². The van der Waals surface area contributed by atoms with E-state index in [2.05, 4.69) is 227 Å². The lowest BCUT2D eigenvalue weighted by atomic mass is 9.84. The van der Waals surface area contributed by atoms with E-state index in [0.717, 1.165) is 22.6 Å². The van der Waals surface area contributed by atoms with Crippen LogP contribution >= 0.6 is 0 Å². The lowest BCUT2D eigenvalue weighted by molar-refractivity contribution is 0.974. The second-order valence-electron chi connectivity index (χ2n) is 13.9. The molecule has 0 atom stereocenters. The molecular weight excluding hydrogens is 627 g/mol. The van der Waals surface area contributed by atoms with Crippen LogP contribution in [-0.2, 0) is 0 Å². The Labute approximate surface area is 309 Å². The van der Waals surface area contributed by atoms with E-state index >= 15 is 0 Å². The molecule has 0 fully saturated rings. The fourth-order valence-electron chi connectivity index (χ4n) is 6.62. The fraction of sp³-hybridized carbons (Fsp3) is 0.0980. The first-order chi connectivity index (χ1) is 25.4. The van der Waals surface area contributed by atoms with Gasteiger partial charge in [0.2, 0.25) is 0 Å². The SMILES string of the molecule is Cc1ccc(C(c2ccc(C)cc2)c2ccc(C=Cc3cccc(C=Cc4ccc(N(c5ccc(C)cc5)c5ccc(C)cc5)cc4)c3)cc2)cc1. The van der Waals surface area contributed by atoms with Gasteiger partial charge in [-0.25, -0.2) is 0 Å². The minimum Gasteiger partial charge on any atom is -0.311 e. The molecule has 1 heteroatoms. The highest BCUT2D eigenvalue weighted by atomic mass is 15.1. The number of benzene rings is 7. The van der Waals surface area contributed by atoms with Gasteiger partial charge < -0.3 is 4.90 Å². The molecule has 0 saturated carbocycles. The average Bonchev–Trinajstić information content (AvgIpc) is 3.17. The predicted octanol–water partition coefficient (Wildman–Crippen LogP) is 13.9. The van der Waals surface area contributed by atoms with Gasteiger partial charge in [-0.1, -0.05) is 174 Å². The molecule has 7 rings (SSSR count). The fourth-order valence-corrected chi connectivity index (χ4v) is 6.62. The summed E-state index contributed by atoms with van der Waals surface area (Å²) in [6, 6.07) is 61.8. The molecule has 1 nitrogen and oxygen atoms in total. The van der Waals surface area contributed by atoms with E-state index in [1.165, 1.54) is 55.6 Å². The zero-order chi connectivity index (χ0) is 35.9. The number of hydrogen-bond acceptors (Lipinski definition) is 1. The summed E-state index contributed by atoms with van der Waals surface area (Å²) in [5.41, 5.74) is 17.1. The van der Waals surface area contributed by atoms with E-state index in [1.54, 1.807) is 0 Å². The molecule has 0 heterocycles. The normalized spacial score (nSPS) is 11.5. The smallest absolute Gasteiger partial charge is 0.0462 e. The summed E-state index contributed by atoms with van der Waals surface area (Å²) >= 11 is 0. The third kappa shape index (κ3) is 8.40. The van der Waals surface area contributed by atoms with E-state index in [-0.39, 0.29) is 5.92 Å². The van der Waals surface area contributed by atoms with Crippen molar-refractivity contribution in [1.29, 1.82) is 0 Å². The molecule has 0 spiro atoms. The summed E-state index contributed by atoms with van der Waals surface area (Å²) in [5, 5.41) is 0. The molecule has 7 aromatic carbocycles. The lowest BCUT2D eigenvalue weighted by Gasteiger charge is -2.25. The van der Waals surface area contributed by atoms with Crippen LogP contribution in [0.15, 0.2) is 170 Å². The summed E-state index contributed by atoms with van der Waals surface area (Å²) in [4.78, 5) is 2.31. The summed E-state index contributed by atoms with van der Waals surface area (Å²) in [6.45, 7) is 8.54. The van der Waals surface area contributed by atoms with Crippen LogP contribution in [0.25, 0.3) is 24.3 Å². The van der Waals surface area contributed by atoms with Crippen LogP contribution in [0.4, 0.5) is 17.1 Å². The molecule has 0 aromatic heterocycles. The third-order valence-electron chi connectivity index (χ3n) is 9.67. The van der Waals surface area contributed by atoms with Gasteiger partial charge in [-0.15, -0.1) is 0 Å². The van der Waals surface area contributed by atoms with Crippen LogP contribution in [0.1, 0.15) is 67.1 Å². The van der Waals surface area contributed by atoms with E-state index < -0.39 is 0 Å². The molecule has 0 radical (unpaired) electrons. The van der Waals surface area contributed by atoms with Gasteiger partial charge in [0, 0.05) is 23.0 Å². The number of rotatable bonds is 10. The maximum atomic E-state index is 2.31. The molecule has 0 aliphatic heterocycles. The maximum Gasteiger partial charge on any atom is 0.0462 e. The van der Waals surface area contributed by atoms with Crippen LogP contribution in [0.5, 0.6) is 0 Å². The Morgan fingerprint density at radius 2 is 0.615 bits per heavy atom. The second kappa shape index (κ2) is 15.8. The topological polar surface area (TPSA) is 3.24 Å². The highest BCUT2D eigenvalue weighted by Crippen LogP contribution is 2.35. The van der Waals surface area contributed by atoms with Crippen molar-refractivity contribution < 1.29 is 0 Å². The van der Waals surface area contributed by atoms with Crippen LogP contribution in [0, 0.1) is 27.7 Å². The van der Waals surface area contributed by atoms with Crippen molar-refractivity contribution in [3.05, 3.63) is 231 Å². The van der Waals surface area contributed by atoms with Crippen LogP contribution in [0.2, 0.25) is 0 Å². The number of nitrogens with zero attached hydrogens (tertiary/aromatic N) is 1. The summed E-state index contributed by atoms with van der Waals surface area (Å²) in [6.07, 6.45) is 8.77. The van der Waals surface area contributed by atoms with E-state index in [1.807, 2.05) is 0 Å². The molecule has 0 bridgehead atoms. The first-order valence-electron chi connectivity index (χ1n) is 18.1. The first kappa shape index (κ1) is 34.3. The lowest BCUT2D eigenvalue weighted by Crippen LogP contribution is -2.09. The van der Waals surface area contributed by atoms with Gasteiger partial charge in [0.25, 0.3) is 0 Å². The molecule has 0 unspecified atom stereocenters. The summed E-state index contributed by atoms with van der Waals surface area (Å²) < 4.78 is 0. The molecule has 0 saturated heterocycles. The largest absolute Gasteiger partial charge is 0.311 e. The quantitative estimate of drug-likeness (QED) is 0.103.